The van der Waals surface area contributed by atoms with Gasteiger partial charge < -0.3 is 10.6 Å². The topological polar surface area (TPSA) is 121 Å². The number of hydrogen-bond donors (Lipinski definition) is 3. The summed E-state index contributed by atoms with van der Waals surface area (Å²) in [5, 5.41) is 6.59. The number of alkyl halides is 1. The summed E-state index contributed by atoms with van der Waals surface area (Å²) < 4.78 is 72.8. The number of nitrogens with one attached hydrogen (secondary N) is 3. The maximum Gasteiger partial charge on any atom is 0.301 e. The second-order valence-corrected chi connectivity index (χ2v) is 10.2. The third-order valence-corrected chi connectivity index (χ3v) is 7.59. The molecule has 0 aliphatic carbocycles. The van der Waals surface area contributed by atoms with E-state index in [1.807, 2.05) is 4.72 Å². The molecule has 1 unspecified atom stereocenters. The first-order valence-corrected chi connectivity index (χ1v) is 12.3. The Hall–Kier alpha value is -3.23. The van der Waals surface area contributed by atoms with E-state index in [1.165, 1.54) is 19.3 Å². The molecule has 2 aromatic heterocycles. The van der Waals surface area contributed by atoms with Gasteiger partial charge in [-0.05, 0) is 24.6 Å². The minimum Gasteiger partial charge on any atom is -0.349 e. The molecule has 1 atom stereocenters. The van der Waals surface area contributed by atoms with Crippen molar-refractivity contribution in [2.75, 3.05) is 36.2 Å². The zero-order chi connectivity index (χ0) is 24.9. The summed E-state index contributed by atoms with van der Waals surface area (Å²) in [5.41, 5.74) is -2.05. The summed E-state index contributed by atoms with van der Waals surface area (Å²) in [7, 11) is -2.86. The zero-order valence-corrected chi connectivity index (χ0v) is 19.4. The Bertz CT molecular complexity index is 1480. The van der Waals surface area contributed by atoms with Crippen molar-refractivity contribution in [3.63, 3.8) is 0 Å². The molecule has 10 nitrogen and oxygen atoms in total. The van der Waals surface area contributed by atoms with E-state index < -0.39 is 44.8 Å². The lowest BCUT2D eigenvalue weighted by molar-refractivity contribution is 0.343. The highest BCUT2D eigenvalue weighted by Crippen LogP contribution is 2.31. The number of halogens is 3. The van der Waals surface area contributed by atoms with E-state index in [1.54, 1.807) is 0 Å². The van der Waals surface area contributed by atoms with Crippen LogP contribution in [0.5, 0.6) is 0 Å². The summed E-state index contributed by atoms with van der Waals surface area (Å²) in [6, 6.07) is 3.20. The van der Waals surface area contributed by atoms with Crippen molar-refractivity contribution in [1.82, 2.24) is 24.2 Å². The number of aryl methyl sites for hydroxylation is 1. The summed E-state index contributed by atoms with van der Waals surface area (Å²) in [6.45, 7) is 1.09. The molecule has 0 radical (unpaired) electrons. The van der Waals surface area contributed by atoms with Crippen LogP contribution in [0.25, 0.3) is 22.2 Å². The van der Waals surface area contributed by atoms with E-state index >= 15 is 4.39 Å². The van der Waals surface area contributed by atoms with Crippen molar-refractivity contribution >= 4 is 32.9 Å². The molecule has 2 saturated heterocycles. The molecule has 3 N–H and O–H groups in total. The lowest BCUT2D eigenvalue weighted by Crippen LogP contribution is -2.51. The largest absolute Gasteiger partial charge is 0.349 e. The van der Waals surface area contributed by atoms with Crippen LogP contribution in [-0.4, -0.2) is 65.7 Å². The van der Waals surface area contributed by atoms with Gasteiger partial charge in [0.05, 0.1) is 22.9 Å². The van der Waals surface area contributed by atoms with Crippen LogP contribution in [0, 0.1) is 11.6 Å². The SMILES string of the molecule is Cn1c(=O)c(-c2c(F)ccc(NS(=O)(=O)N3CCC(F)C3)c2F)cc2cnc(NC3CNC3)nc21. The lowest BCUT2D eigenvalue weighted by atomic mass is 10.0. The van der Waals surface area contributed by atoms with Crippen molar-refractivity contribution in [1.29, 1.82) is 0 Å². The monoisotopic (exact) mass is 509 g/mol. The number of aromatic nitrogens is 3. The minimum absolute atomic E-state index is 0.0298. The molecular formula is C21H22F3N7O3S. The fourth-order valence-electron chi connectivity index (χ4n) is 4.06. The smallest absolute Gasteiger partial charge is 0.301 e. The molecule has 3 aromatic rings. The van der Waals surface area contributed by atoms with Crippen molar-refractivity contribution in [3.05, 3.63) is 46.4 Å². The molecule has 5 rings (SSSR count). The van der Waals surface area contributed by atoms with Crippen LogP contribution < -0.4 is 20.9 Å². The standard InChI is InChI=1S/C21H22F3N7O3S/c1-30-19-11(7-26-21(28-19)27-13-8-25-9-13)6-14(20(30)32)17-15(23)2-3-16(18(17)24)29-35(33,34)31-5-4-12(22)10-31/h2-3,6-7,12-13,25,29H,4-5,8-10H2,1H3,(H,26,27,28). The van der Waals surface area contributed by atoms with Gasteiger partial charge in [0.1, 0.15) is 17.6 Å². The summed E-state index contributed by atoms with van der Waals surface area (Å²) in [4.78, 5) is 21.6. The summed E-state index contributed by atoms with van der Waals surface area (Å²) >= 11 is 0. The van der Waals surface area contributed by atoms with Gasteiger partial charge in [0.15, 0.2) is 5.82 Å². The second kappa shape index (κ2) is 8.77. The molecule has 0 amide bonds. The van der Waals surface area contributed by atoms with Gasteiger partial charge in [-0.3, -0.25) is 14.1 Å². The quantitative estimate of drug-likeness (QED) is 0.459. The van der Waals surface area contributed by atoms with E-state index in [0.29, 0.717) is 11.3 Å². The molecule has 2 fully saturated rings. The highest BCUT2D eigenvalue weighted by Gasteiger charge is 2.32. The normalized spacial score (nSPS) is 19.1. The van der Waals surface area contributed by atoms with Crippen LogP contribution in [-0.2, 0) is 17.3 Å². The fourth-order valence-corrected chi connectivity index (χ4v) is 5.32. The average Bonchev–Trinajstić information content (AvgIpc) is 3.24. The zero-order valence-electron chi connectivity index (χ0n) is 18.6. The third-order valence-electron chi connectivity index (χ3n) is 6.10. The first kappa shape index (κ1) is 23.5. The Morgan fingerprint density at radius 2 is 2.00 bits per heavy atom. The number of rotatable bonds is 6. The predicted octanol–water partition coefficient (Wildman–Crippen LogP) is 1.36. The Labute approximate surface area is 198 Å². The van der Waals surface area contributed by atoms with E-state index in [2.05, 4.69) is 20.6 Å². The fraction of sp³-hybridized carbons (Fsp3) is 0.381. The van der Waals surface area contributed by atoms with Gasteiger partial charge in [-0.1, -0.05) is 0 Å². The van der Waals surface area contributed by atoms with Gasteiger partial charge in [-0.15, -0.1) is 0 Å². The Morgan fingerprint density at radius 1 is 1.23 bits per heavy atom. The molecule has 186 valence electrons. The number of anilines is 2. The molecule has 35 heavy (non-hydrogen) atoms. The number of fused-ring (bicyclic) bond motifs is 1. The molecule has 14 heteroatoms. The maximum atomic E-state index is 15.4. The van der Waals surface area contributed by atoms with Gasteiger partial charge in [-0.2, -0.15) is 17.7 Å². The van der Waals surface area contributed by atoms with Gasteiger partial charge in [0, 0.05) is 44.8 Å². The van der Waals surface area contributed by atoms with Crippen molar-refractivity contribution in [2.45, 2.75) is 18.6 Å². The van der Waals surface area contributed by atoms with E-state index in [9.17, 15) is 22.0 Å². The summed E-state index contributed by atoms with van der Waals surface area (Å²) in [6.07, 6.45) is 0.148. The third kappa shape index (κ3) is 4.32. The number of benzene rings is 1. The molecule has 2 aliphatic rings. The van der Waals surface area contributed by atoms with Crippen LogP contribution in [0.3, 0.4) is 0 Å². The first-order chi connectivity index (χ1) is 16.6. The van der Waals surface area contributed by atoms with Crippen LogP contribution in [0.1, 0.15) is 6.42 Å². The molecule has 0 saturated carbocycles. The van der Waals surface area contributed by atoms with Gasteiger partial charge in [-0.25, -0.2) is 18.2 Å². The Kier molecular flexibility index (Phi) is 5.89. The van der Waals surface area contributed by atoms with Crippen LogP contribution >= 0.6 is 0 Å². The van der Waals surface area contributed by atoms with Gasteiger partial charge >= 0.3 is 10.2 Å². The number of pyridine rings is 1. The first-order valence-electron chi connectivity index (χ1n) is 10.9. The molecule has 0 spiro atoms. The van der Waals surface area contributed by atoms with Crippen molar-refractivity contribution in [2.24, 2.45) is 7.05 Å². The summed E-state index contributed by atoms with van der Waals surface area (Å²) in [5.74, 6) is -2.00. The Morgan fingerprint density at radius 3 is 2.66 bits per heavy atom. The Balaban J connectivity index is 1.54. The predicted molar refractivity (Wildman–Crippen MR) is 124 cm³/mol. The molecule has 2 aliphatic heterocycles. The van der Waals surface area contributed by atoms with E-state index in [4.69, 9.17) is 0 Å². The van der Waals surface area contributed by atoms with Crippen LogP contribution in [0.2, 0.25) is 0 Å². The highest BCUT2D eigenvalue weighted by atomic mass is 32.2. The van der Waals surface area contributed by atoms with E-state index in [0.717, 1.165) is 34.1 Å². The number of nitrogens with zero attached hydrogens (tertiary/aromatic N) is 4. The van der Waals surface area contributed by atoms with Crippen molar-refractivity contribution in [3.8, 4) is 11.1 Å². The van der Waals surface area contributed by atoms with Gasteiger partial charge in [0.2, 0.25) is 5.95 Å². The molecule has 0 bridgehead atoms. The van der Waals surface area contributed by atoms with Crippen LogP contribution in [0.4, 0.5) is 24.8 Å². The molecular weight excluding hydrogens is 487 g/mol. The second-order valence-electron chi connectivity index (χ2n) is 8.53. The maximum absolute atomic E-state index is 15.4. The van der Waals surface area contributed by atoms with E-state index in [-0.39, 0.29) is 36.8 Å². The van der Waals surface area contributed by atoms with Crippen LogP contribution in [0.15, 0.2) is 29.2 Å². The number of hydrogen-bond acceptors (Lipinski definition) is 7. The molecule has 4 heterocycles. The minimum atomic E-state index is -4.28. The lowest BCUT2D eigenvalue weighted by Gasteiger charge is -2.27. The molecule has 1 aromatic carbocycles. The van der Waals surface area contributed by atoms with Gasteiger partial charge in [0.25, 0.3) is 5.56 Å². The van der Waals surface area contributed by atoms with Crippen molar-refractivity contribution < 1.29 is 21.6 Å². The highest BCUT2D eigenvalue weighted by molar-refractivity contribution is 7.90. The average molecular weight is 510 g/mol.